The highest BCUT2D eigenvalue weighted by Gasteiger charge is 2.09. The van der Waals surface area contributed by atoms with Gasteiger partial charge in [-0.15, -0.1) is 11.3 Å². The van der Waals surface area contributed by atoms with Gasteiger partial charge in [0.05, 0.1) is 17.4 Å². The SMILES string of the molecule is CNC(=O)c1ccc(CN(C)CC(=O)NCc2ccc(Cl)s2)cc1. The van der Waals surface area contributed by atoms with E-state index in [1.165, 1.54) is 11.3 Å². The Labute approximate surface area is 150 Å². The Kier molecular flexibility index (Phi) is 6.78. The van der Waals surface area contributed by atoms with E-state index in [9.17, 15) is 9.59 Å². The zero-order chi connectivity index (χ0) is 17.5. The molecule has 0 bridgehead atoms. The predicted molar refractivity (Wildman–Crippen MR) is 97.3 cm³/mol. The third-order valence-electron chi connectivity index (χ3n) is 3.40. The third-order valence-corrected chi connectivity index (χ3v) is 4.63. The average Bonchev–Trinajstić information content (AvgIpc) is 2.98. The second-order valence-electron chi connectivity index (χ2n) is 5.43. The van der Waals surface area contributed by atoms with Crippen molar-refractivity contribution in [1.29, 1.82) is 0 Å². The number of halogens is 1. The molecule has 1 heterocycles. The fourth-order valence-corrected chi connectivity index (χ4v) is 3.23. The van der Waals surface area contributed by atoms with Crippen molar-refractivity contribution in [2.75, 3.05) is 20.6 Å². The molecule has 0 radical (unpaired) electrons. The minimum absolute atomic E-state index is 0.0380. The molecule has 2 amide bonds. The van der Waals surface area contributed by atoms with Crippen molar-refractivity contribution in [1.82, 2.24) is 15.5 Å². The molecule has 0 aliphatic rings. The standard InChI is InChI=1S/C17H20ClN3O2S/c1-19-17(23)13-5-3-12(4-6-13)10-21(2)11-16(22)20-9-14-7-8-15(18)24-14/h3-8H,9-11H2,1-2H3,(H,19,23)(H,20,22). The van der Waals surface area contributed by atoms with Crippen LogP contribution in [0.5, 0.6) is 0 Å². The van der Waals surface area contributed by atoms with E-state index in [1.54, 1.807) is 19.2 Å². The highest BCUT2D eigenvalue weighted by molar-refractivity contribution is 7.16. The van der Waals surface area contributed by atoms with E-state index in [1.807, 2.05) is 36.2 Å². The number of nitrogens with one attached hydrogen (secondary N) is 2. The lowest BCUT2D eigenvalue weighted by atomic mass is 10.1. The van der Waals surface area contributed by atoms with Gasteiger partial charge in [0.2, 0.25) is 5.91 Å². The van der Waals surface area contributed by atoms with Crippen LogP contribution in [0.4, 0.5) is 0 Å². The maximum Gasteiger partial charge on any atom is 0.251 e. The monoisotopic (exact) mass is 365 g/mol. The summed E-state index contributed by atoms with van der Waals surface area (Å²) in [5.41, 5.74) is 1.67. The van der Waals surface area contributed by atoms with E-state index in [0.717, 1.165) is 14.8 Å². The maximum atomic E-state index is 12.0. The maximum absolute atomic E-state index is 12.0. The smallest absolute Gasteiger partial charge is 0.251 e. The van der Waals surface area contributed by atoms with Crippen molar-refractivity contribution in [3.05, 3.63) is 56.7 Å². The Morgan fingerprint density at radius 1 is 1.17 bits per heavy atom. The topological polar surface area (TPSA) is 61.4 Å². The molecule has 5 nitrogen and oxygen atoms in total. The number of hydrogen-bond donors (Lipinski definition) is 2. The highest BCUT2D eigenvalue weighted by atomic mass is 35.5. The van der Waals surface area contributed by atoms with Gasteiger partial charge >= 0.3 is 0 Å². The molecule has 0 unspecified atom stereocenters. The minimum atomic E-state index is -0.108. The van der Waals surface area contributed by atoms with Crippen molar-refractivity contribution in [3.63, 3.8) is 0 Å². The van der Waals surface area contributed by atoms with Crippen LogP contribution in [0, 0.1) is 0 Å². The lowest BCUT2D eigenvalue weighted by molar-refractivity contribution is -0.122. The molecule has 1 aromatic carbocycles. The zero-order valence-corrected chi connectivity index (χ0v) is 15.2. The van der Waals surface area contributed by atoms with Gasteiger partial charge in [0.15, 0.2) is 0 Å². The van der Waals surface area contributed by atoms with Crippen LogP contribution in [0.2, 0.25) is 4.34 Å². The molecule has 0 atom stereocenters. The number of nitrogens with zero attached hydrogens (tertiary/aromatic N) is 1. The van der Waals surface area contributed by atoms with Crippen LogP contribution in [0.15, 0.2) is 36.4 Å². The van der Waals surface area contributed by atoms with Gasteiger partial charge < -0.3 is 10.6 Å². The van der Waals surface area contributed by atoms with E-state index in [4.69, 9.17) is 11.6 Å². The molecule has 128 valence electrons. The molecule has 0 spiro atoms. The molecule has 2 N–H and O–H groups in total. The summed E-state index contributed by atoms with van der Waals surface area (Å²) in [6, 6.07) is 11.1. The average molecular weight is 366 g/mol. The van der Waals surface area contributed by atoms with Gasteiger partial charge in [-0.2, -0.15) is 0 Å². The number of benzene rings is 1. The summed E-state index contributed by atoms with van der Waals surface area (Å²) in [6.07, 6.45) is 0. The molecule has 1 aromatic heterocycles. The first-order valence-electron chi connectivity index (χ1n) is 7.48. The first kappa shape index (κ1) is 18.4. The van der Waals surface area contributed by atoms with Crippen LogP contribution >= 0.6 is 22.9 Å². The molecular formula is C17H20ClN3O2S. The minimum Gasteiger partial charge on any atom is -0.355 e. The highest BCUT2D eigenvalue weighted by Crippen LogP contribution is 2.20. The fourth-order valence-electron chi connectivity index (χ4n) is 2.21. The largest absolute Gasteiger partial charge is 0.355 e. The van der Waals surface area contributed by atoms with Crippen molar-refractivity contribution in [2.45, 2.75) is 13.1 Å². The van der Waals surface area contributed by atoms with E-state index < -0.39 is 0 Å². The molecule has 2 aromatic rings. The van der Waals surface area contributed by atoms with Gasteiger partial charge in [0.1, 0.15) is 0 Å². The Balaban J connectivity index is 1.78. The third kappa shape index (κ3) is 5.63. The predicted octanol–water partition coefficient (Wildman–Crippen LogP) is 2.51. The lowest BCUT2D eigenvalue weighted by Gasteiger charge is -2.16. The summed E-state index contributed by atoms with van der Waals surface area (Å²) in [6.45, 7) is 1.42. The number of rotatable bonds is 7. The summed E-state index contributed by atoms with van der Waals surface area (Å²) >= 11 is 7.32. The normalized spacial score (nSPS) is 10.7. The summed E-state index contributed by atoms with van der Waals surface area (Å²) in [7, 11) is 3.49. The van der Waals surface area contributed by atoms with E-state index in [2.05, 4.69) is 10.6 Å². The Hall–Kier alpha value is -1.89. The van der Waals surface area contributed by atoms with E-state index in [-0.39, 0.29) is 11.8 Å². The van der Waals surface area contributed by atoms with Crippen molar-refractivity contribution in [3.8, 4) is 0 Å². The molecule has 0 fully saturated rings. The van der Waals surface area contributed by atoms with Crippen LogP contribution in [0.3, 0.4) is 0 Å². The first-order valence-corrected chi connectivity index (χ1v) is 8.68. The summed E-state index contributed by atoms with van der Waals surface area (Å²) < 4.78 is 0.719. The summed E-state index contributed by atoms with van der Waals surface area (Å²) in [4.78, 5) is 26.4. The molecule has 7 heteroatoms. The van der Waals surface area contributed by atoms with Crippen LogP contribution in [-0.2, 0) is 17.9 Å². The number of amides is 2. The molecule has 0 aliphatic carbocycles. The fraction of sp³-hybridized carbons (Fsp3) is 0.294. The number of carbonyl (C=O) groups excluding carboxylic acids is 2. The van der Waals surface area contributed by atoms with E-state index in [0.29, 0.717) is 25.2 Å². The Morgan fingerprint density at radius 3 is 2.46 bits per heavy atom. The van der Waals surface area contributed by atoms with Gasteiger partial charge in [0.25, 0.3) is 5.91 Å². The Morgan fingerprint density at radius 2 is 1.88 bits per heavy atom. The van der Waals surface area contributed by atoms with Crippen LogP contribution in [0.25, 0.3) is 0 Å². The number of carbonyl (C=O) groups is 2. The summed E-state index contributed by atoms with van der Waals surface area (Å²) in [5, 5.41) is 5.47. The van der Waals surface area contributed by atoms with Crippen molar-refractivity contribution < 1.29 is 9.59 Å². The molecule has 24 heavy (non-hydrogen) atoms. The quantitative estimate of drug-likeness (QED) is 0.792. The first-order chi connectivity index (χ1) is 11.5. The molecule has 0 saturated heterocycles. The molecule has 0 aliphatic heterocycles. The van der Waals surface area contributed by atoms with Gasteiger partial charge in [-0.1, -0.05) is 23.7 Å². The van der Waals surface area contributed by atoms with Gasteiger partial charge in [0, 0.05) is 24.0 Å². The van der Waals surface area contributed by atoms with Gasteiger partial charge in [-0.05, 0) is 36.9 Å². The van der Waals surface area contributed by atoms with Crippen LogP contribution in [0.1, 0.15) is 20.8 Å². The second-order valence-corrected chi connectivity index (χ2v) is 7.23. The number of hydrogen-bond acceptors (Lipinski definition) is 4. The second kappa shape index (κ2) is 8.82. The van der Waals surface area contributed by atoms with Crippen LogP contribution in [-0.4, -0.2) is 37.4 Å². The van der Waals surface area contributed by atoms with Gasteiger partial charge in [-0.3, -0.25) is 14.5 Å². The van der Waals surface area contributed by atoms with E-state index >= 15 is 0 Å². The van der Waals surface area contributed by atoms with Gasteiger partial charge in [-0.25, -0.2) is 0 Å². The summed E-state index contributed by atoms with van der Waals surface area (Å²) in [5.74, 6) is -0.146. The molecular weight excluding hydrogens is 346 g/mol. The van der Waals surface area contributed by atoms with Crippen LogP contribution < -0.4 is 10.6 Å². The molecule has 0 saturated carbocycles. The zero-order valence-electron chi connectivity index (χ0n) is 13.6. The lowest BCUT2D eigenvalue weighted by Crippen LogP contribution is -2.34. The van der Waals surface area contributed by atoms with Crippen molar-refractivity contribution >= 4 is 34.8 Å². The van der Waals surface area contributed by atoms with Crippen molar-refractivity contribution in [2.24, 2.45) is 0 Å². The number of likely N-dealkylation sites (N-methyl/N-ethyl adjacent to an activating group) is 1. The number of thiophene rings is 1. The Bertz CT molecular complexity index is 700. The molecule has 2 rings (SSSR count).